The number of aryl methyl sites for hydroxylation is 2. The number of benzene rings is 1. The van der Waals surface area contributed by atoms with Gasteiger partial charge in [0.1, 0.15) is 0 Å². The van der Waals surface area contributed by atoms with Gasteiger partial charge in [0.2, 0.25) is 0 Å². The maximum absolute atomic E-state index is 4.08. The molecule has 0 spiro atoms. The molecular weight excluding hydrogens is 316 g/mol. The Balaban J connectivity index is 1.96. The zero-order valence-corrected chi connectivity index (χ0v) is 16.1. The van der Waals surface area contributed by atoms with E-state index in [-0.39, 0.29) is 6.04 Å². The number of fused-ring (bicyclic) bond motifs is 3. The van der Waals surface area contributed by atoms with Gasteiger partial charge >= 0.3 is 0 Å². The molecule has 0 fully saturated rings. The molecule has 2 nitrogen and oxygen atoms in total. The van der Waals surface area contributed by atoms with Gasteiger partial charge in [-0.2, -0.15) is 0 Å². The predicted octanol–water partition coefficient (Wildman–Crippen LogP) is 4.90. The van der Waals surface area contributed by atoms with Crippen LogP contribution in [0.25, 0.3) is 11.8 Å². The van der Waals surface area contributed by atoms with Gasteiger partial charge in [-0.05, 0) is 55.2 Å². The van der Waals surface area contributed by atoms with Gasteiger partial charge in [-0.25, -0.2) is 0 Å². The van der Waals surface area contributed by atoms with Crippen molar-refractivity contribution in [1.82, 2.24) is 10.2 Å². The van der Waals surface area contributed by atoms with Crippen LogP contribution in [0, 0.1) is 13.8 Å². The average Bonchev–Trinajstić information content (AvgIpc) is 2.60. The van der Waals surface area contributed by atoms with Gasteiger partial charge in [0.15, 0.2) is 0 Å². The second-order valence-electron chi connectivity index (χ2n) is 7.46. The number of likely N-dealkylation sites (N-methyl/N-ethyl adjacent to an activating group) is 1. The van der Waals surface area contributed by atoms with Gasteiger partial charge in [0, 0.05) is 30.4 Å². The van der Waals surface area contributed by atoms with Crippen LogP contribution < -0.4 is 5.32 Å². The molecular formula is C24H26N2. The fraction of sp³-hybridized carbons (Fsp3) is 0.250. The van der Waals surface area contributed by atoms with E-state index < -0.39 is 0 Å². The summed E-state index contributed by atoms with van der Waals surface area (Å²) in [4.78, 5) is 2.35. The van der Waals surface area contributed by atoms with Gasteiger partial charge in [-0.1, -0.05) is 48.6 Å². The van der Waals surface area contributed by atoms with Crippen molar-refractivity contribution < 1.29 is 0 Å². The third-order valence-corrected chi connectivity index (χ3v) is 5.48. The van der Waals surface area contributed by atoms with Crippen LogP contribution >= 0.6 is 0 Å². The highest BCUT2D eigenvalue weighted by atomic mass is 15.1. The molecule has 4 rings (SSSR count). The van der Waals surface area contributed by atoms with Gasteiger partial charge < -0.3 is 10.2 Å². The third-order valence-electron chi connectivity index (χ3n) is 5.48. The molecule has 0 amide bonds. The Morgan fingerprint density at radius 3 is 2.77 bits per heavy atom. The van der Waals surface area contributed by atoms with Crippen LogP contribution in [0.1, 0.15) is 29.2 Å². The normalized spacial score (nSPS) is 21.3. The highest BCUT2D eigenvalue weighted by Gasteiger charge is 2.29. The van der Waals surface area contributed by atoms with Crippen LogP contribution in [0.3, 0.4) is 0 Å². The van der Waals surface area contributed by atoms with Crippen molar-refractivity contribution in [2.45, 2.75) is 26.8 Å². The number of hydrogen-bond acceptors (Lipinski definition) is 2. The van der Waals surface area contributed by atoms with Gasteiger partial charge in [-0.3, -0.25) is 0 Å². The Hall–Kier alpha value is -2.74. The van der Waals surface area contributed by atoms with E-state index in [0.717, 1.165) is 6.54 Å². The zero-order valence-electron chi connectivity index (χ0n) is 16.1. The first-order valence-corrected chi connectivity index (χ1v) is 9.23. The molecule has 0 saturated carbocycles. The first-order chi connectivity index (χ1) is 12.5. The van der Waals surface area contributed by atoms with E-state index in [1.165, 1.54) is 50.4 Å². The molecule has 0 bridgehead atoms. The Kier molecular flexibility index (Phi) is 3.99. The fourth-order valence-electron chi connectivity index (χ4n) is 4.29. The van der Waals surface area contributed by atoms with Crippen LogP contribution in [0.5, 0.6) is 0 Å². The van der Waals surface area contributed by atoms with Crippen molar-refractivity contribution in [2.24, 2.45) is 0 Å². The lowest BCUT2D eigenvalue weighted by Crippen LogP contribution is -2.35. The molecule has 1 N–H and O–H groups in total. The van der Waals surface area contributed by atoms with E-state index >= 15 is 0 Å². The minimum atomic E-state index is 0.276. The average molecular weight is 342 g/mol. The highest BCUT2D eigenvalue weighted by Crippen LogP contribution is 2.41. The predicted molar refractivity (Wildman–Crippen MR) is 112 cm³/mol. The van der Waals surface area contributed by atoms with Gasteiger partial charge in [0.25, 0.3) is 0 Å². The maximum Gasteiger partial charge on any atom is 0.0704 e. The van der Waals surface area contributed by atoms with Crippen molar-refractivity contribution in [2.75, 3.05) is 13.6 Å². The minimum Gasteiger partial charge on any atom is -0.378 e. The molecule has 1 atom stereocenters. The number of nitrogens with one attached hydrogen (secondary N) is 1. The van der Waals surface area contributed by atoms with Crippen molar-refractivity contribution >= 4 is 11.8 Å². The molecule has 2 heteroatoms. The van der Waals surface area contributed by atoms with E-state index in [9.17, 15) is 0 Å². The summed E-state index contributed by atoms with van der Waals surface area (Å²) in [6.07, 6.45) is 13.4. The van der Waals surface area contributed by atoms with Crippen LogP contribution in [-0.4, -0.2) is 24.5 Å². The molecule has 132 valence electrons. The summed E-state index contributed by atoms with van der Waals surface area (Å²) in [5.74, 6) is 0. The monoisotopic (exact) mass is 342 g/mol. The standard InChI is InChI=1S/C24H26N2/c1-6-18-16(3)13-15(2)14-22(18)24-21-9-10-23-20(8-7-17(4)25-23)19(21)11-12-26(24)5/h6-11,13-14,23,25H,1,12H2,2-5H3. The minimum absolute atomic E-state index is 0.276. The molecule has 3 aliphatic rings. The summed E-state index contributed by atoms with van der Waals surface area (Å²) >= 11 is 0. The molecule has 0 saturated heterocycles. The number of nitrogens with zero attached hydrogens (tertiary/aromatic N) is 1. The maximum atomic E-state index is 4.08. The molecule has 0 radical (unpaired) electrons. The second-order valence-corrected chi connectivity index (χ2v) is 7.46. The van der Waals surface area contributed by atoms with Crippen molar-refractivity contribution in [3.05, 3.63) is 93.8 Å². The van der Waals surface area contributed by atoms with E-state index in [2.05, 4.69) is 87.1 Å². The van der Waals surface area contributed by atoms with Gasteiger partial charge in [0.05, 0.1) is 11.7 Å². The van der Waals surface area contributed by atoms with E-state index in [1.54, 1.807) is 0 Å². The smallest absolute Gasteiger partial charge is 0.0704 e. The summed E-state index contributed by atoms with van der Waals surface area (Å²) in [6.45, 7) is 11.5. The van der Waals surface area contributed by atoms with Crippen molar-refractivity contribution in [3.63, 3.8) is 0 Å². The zero-order chi connectivity index (χ0) is 18.4. The lowest BCUT2D eigenvalue weighted by molar-refractivity contribution is 0.524. The quantitative estimate of drug-likeness (QED) is 0.822. The number of dihydropyridines is 1. The second kappa shape index (κ2) is 6.21. The first kappa shape index (κ1) is 16.7. The van der Waals surface area contributed by atoms with Crippen LogP contribution in [0.15, 0.2) is 71.5 Å². The SMILES string of the molecule is C=Cc1c(C)cc(C)cc1C1=C2C=CC3NC(C)=CC=C3C2=CCN1C. The molecule has 2 heterocycles. The summed E-state index contributed by atoms with van der Waals surface area (Å²) in [6, 6.07) is 4.81. The first-order valence-electron chi connectivity index (χ1n) is 9.23. The lowest BCUT2D eigenvalue weighted by atomic mass is 9.80. The van der Waals surface area contributed by atoms with Crippen LogP contribution in [0.4, 0.5) is 0 Å². The summed E-state index contributed by atoms with van der Waals surface area (Å²) in [7, 11) is 2.18. The number of allylic oxidation sites excluding steroid dienone is 5. The number of hydrogen-bond donors (Lipinski definition) is 1. The molecule has 1 unspecified atom stereocenters. The van der Waals surface area contributed by atoms with Crippen LogP contribution in [-0.2, 0) is 0 Å². The van der Waals surface area contributed by atoms with Gasteiger partial charge in [-0.15, -0.1) is 0 Å². The highest BCUT2D eigenvalue weighted by molar-refractivity contribution is 5.84. The third kappa shape index (κ3) is 2.57. The van der Waals surface area contributed by atoms with Crippen molar-refractivity contribution in [3.8, 4) is 0 Å². The Labute approximate surface area is 156 Å². The molecule has 1 aliphatic carbocycles. The van der Waals surface area contributed by atoms with Crippen molar-refractivity contribution in [1.29, 1.82) is 0 Å². The molecule has 0 aromatic heterocycles. The van der Waals surface area contributed by atoms with E-state index in [4.69, 9.17) is 0 Å². The molecule has 1 aromatic carbocycles. The fourth-order valence-corrected chi connectivity index (χ4v) is 4.29. The topological polar surface area (TPSA) is 15.3 Å². The molecule has 2 aliphatic heterocycles. The summed E-state index contributed by atoms with van der Waals surface area (Å²) in [5, 5.41) is 3.57. The Bertz CT molecular complexity index is 951. The Morgan fingerprint density at radius 2 is 2.00 bits per heavy atom. The van der Waals surface area contributed by atoms with E-state index in [0.29, 0.717) is 0 Å². The molecule has 26 heavy (non-hydrogen) atoms. The van der Waals surface area contributed by atoms with Crippen LogP contribution in [0.2, 0.25) is 0 Å². The number of rotatable bonds is 2. The summed E-state index contributed by atoms with van der Waals surface area (Å²) in [5.41, 5.74) is 11.6. The van der Waals surface area contributed by atoms with E-state index in [1.807, 2.05) is 6.08 Å². The summed E-state index contributed by atoms with van der Waals surface area (Å²) < 4.78 is 0. The molecule has 1 aromatic rings. The largest absolute Gasteiger partial charge is 0.378 e. The Morgan fingerprint density at radius 1 is 1.19 bits per heavy atom. The lowest BCUT2D eigenvalue weighted by Gasteiger charge is -2.36.